The van der Waals surface area contributed by atoms with E-state index in [4.69, 9.17) is 5.73 Å². The van der Waals surface area contributed by atoms with E-state index in [2.05, 4.69) is 6.92 Å². The van der Waals surface area contributed by atoms with Gasteiger partial charge in [-0.25, -0.2) is 8.42 Å². The Morgan fingerprint density at radius 2 is 1.78 bits per heavy atom. The molecule has 6 nitrogen and oxygen atoms in total. The van der Waals surface area contributed by atoms with Gasteiger partial charge in [0, 0.05) is 37.8 Å². The number of sulfonamides is 1. The summed E-state index contributed by atoms with van der Waals surface area (Å²) in [7, 11) is -3.60. The zero-order valence-electron chi connectivity index (χ0n) is 16.6. The fourth-order valence-electron chi connectivity index (χ4n) is 3.96. The van der Waals surface area contributed by atoms with E-state index in [0.717, 1.165) is 36.8 Å². The molecule has 2 fully saturated rings. The molecule has 3 rings (SSSR count). The molecule has 0 aliphatic carbocycles. The largest absolute Gasteiger partial charge is 0.337 e. The molecule has 0 aromatic heterocycles. The standard InChI is InChI=1S/C20H31N3O3S/c1-14-6-9-23(10-7-14)27(25,26)19-12-17(11-15(2)16(19)3)20(24)22-8-4-5-18(21)13-22/h11-12,14,18H,4-10,13,21H2,1-3H3. The number of hydrogen-bond acceptors (Lipinski definition) is 4. The van der Waals surface area contributed by atoms with Crippen molar-refractivity contribution in [1.29, 1.82) is 0 Å². The maximum absolute atomic E-state index is 13.3. The Hall–Kier alpha value is -1.44. The Labute approximate surface area is 162 Å². The molecule has 0 spiro atoms. The highest BCUT2D eigenvalue weighted by molar-refractivity contribution is 7.89. The molecule has 1 aromatic carbocycles. The summed E-state index contributed by atoms with van der Waals surface area (Å²) in [5.41, 5.74) is 8.00. The Morgan fingerprint density at radius 3 is 2.41 bits per heavy atom. The van der Waals surface area contributed by atoms with Crippen LogP contribution >= 0.6 is 0 Å². The Kier molecular flexibility index (Phi) is 5.93. The molecule has 0 bridgehead atoms. The highest BCUT2D eigenvalue weighted by atomic mass is 32.2. The average molecular weight is 394 g/mol. The van der Waals surface area contributed by atoms with Gasteiger partial charge in [0.05, 0.1) is 4.90 Å². The molecule has 2 saturated heterocycles. The molecule has 2 aliphatic rings. The van der Waals surface area contributed by atoms with Gasteiger partial charge in [-0.2, -0.15) is 4.31 Å². The lowest BCUT2D eigenvalue weighted by molar-refractivity contribution is 0.0708. The molecule has 1 aromatic rings. The minimum Gasteiger partial charge on any atom is -0.337 e. The lowest BCUT2D eigenvalue weighted by atomic mass is 10.0. The molecule has 27 heavy (non-hydrogen) atoms. The summed E-state index contributed by atoms with van der Waals surface area (Å²) < 4.78 is 28.1. The van der Waals surface area contributed by atoms with Crippen LogP contribution in [0.4, 0.5) is 0 Å². The minimum absolute atomic E-state index is 0.00668. The van der Waals surface area contributed by atoms with E-state index in [1.165, 1.54) is 0 Å². The van der Waals surface area contributed by atoms with Crippen molar-refractivity contribution in [2.24, 2.45) is 11.7 Å². The second kappa shape index (κ2) is 7.89. The number of likely N-dealkylation sites (tertiary alicyclic amines) is 1. The Bertz CT molecular complexity index is 814. The van der Waals surface area contributed by atoms with E-state index in [1.54, 1.807) is 21.3 Å². The predicted molar refractivity (Wildman–Crippen MR) is 106 cm³/mol. The van der Waals surface area contributed by atoms with Crippen molar-refractivity contribution in [2.75, 3.05) is 26.2 Å². The number of carbonyl (C=O) groups excluding carboxylic acids is 1. The number of piperidine rings is 2. The molecular formula is C20H31N3O3S. The van der Waals surface area contributed by atoms with Gasteiger partial charge in [0.2, 0.25) is 10.0 Å². The topological polar surface area (TPSA) is 83.7 Å². The van der Waals surface area contributed by atoms with Gasteiger partial charge in [0.1, 0.15) is 0 Å². The van der Waals surface area contributed by atoms with Gasteiger partial charge >= 0.3 is 0 Å². The van der Waals surface area contributed by atoms with Gasteiger partial charge in [-0.15, -0.1) is 0 Å². The molecule has 0 radical (unpaired) electrons. The van der Waals surface area contributed by atoms with E-state index in [9.17, 15) is 13.2 Å². The van der Waals surface area contributed by atoms with Gasteiger partial charge in [-0.05, 0) is 68.7 Å². The van der Waals surface area contributed by atoms with E-state index >= 15 is 0 Å². The third kappa shape index (κ3) is 4.20. The molecule has 0 saturated carbocycles. The van der Waals surface area contributed by atoms with Gasteiger partial charge in [-0.3, -0.25) is 4.79 Å². The smallest absolute Gasteiger partial charge is 0.253 e. The van der Waals surface area contributed by atoms with Crippen LogP contribution in [0.25, 0.3) is 0 Å². The van der Waals surface area contributed by atoms with Crippen LogP contribution in [0.3, 0.4) is 0 Å². The first-order valence-electron chi connectivity index (χ1n) is 9.86. The molecular weight excluding hydrogens is 362 g/mol. The maximum Gasteiger partial charge on any atom is 0.253 e. The number of aryl methyl sites for hydroxylation is 1. The highest BCUT2D eigenvalue weighted by Crippen LogP contribution is 2.28. The van der Waals surface area contributed by atoms with E-state index in [0.29, 0.717) is 37.7 Å². The monoisotopic (exact) mass is 393 g/mol. The lowest BCUT2D eigenvalue weighted by Crippen LogP contribution is -2.45. The summed E-state index contributed by atoms with van der Waals surface area (Å²) in [5.74, 6) is 0.424. The normalized spacial score (nSPS) is 22.8. The summed E-state index contributed by atoms with van der Waals surface area (Å²) >= 11 is 0. The van der Waals surface area contributed by atoms with Gasteiger partial charge in [0.25, 0.3) is 5.91 Å². The summed E-state index contributed by atoms with van der Waals surface area (Å²) in [6.07, 6.45) is 3.56. The number of amides is 1. The molecule has 2 heterocycles. The first-order chi connectivity index (χ1) is 12.7. The first kappa shape index (κ1) is 20.3. The molecule has 2 N–H and O–H groups in total. The molecule has 150 valence electrons. The van der Waals surface area contributed by atoms with Crippen LogP contribution in [0.5, 0.6) is 0 Å². The van der Waals surface area contributed by atoms with Crippen molar-refractivity contribution < 1.29 is 13.2 Å². The number of hydrogen-bond donors (Lipinski definition) is 1. The van der Waals surface area contributed by atoms with Crippen molar-refractivity contribution in [1.82, 2.24) is 9.21 Å². The van der Waals surface area contributed by atoms with Crippen LogP contribution in [0.1, 0.15) is 54.1 Å². The maximum atomic E-state index is 13.3. The lowest BCUT2D eigenvalue weighted by Gasteiger charge is -2.32. The van der Waals surface area contributed by atoms with Crippen LogP contribution in [0, 0.1) is 19.8 Å². The third-order valence-electron chi connectivity index (χ3n) is 5.97. The van der Waals surface area contributed by atoms with Crippen molar-refractivity contribution in [3.63, 3.8) is 0 Å². The molecule has 1 amide bonds. The fourth-order valence-corrected chi connectivity index (χ4v) is 5.75. The van der Waals surface area contributed by atoms with Crippen LogP contribution in [0.2, 0.25) is 0 Å². The number of carbonyl (C=O) groups is 1. The van der Waals surface area contributed by atoms with Crippen molar-refractivity contribution in [3.05, 3.63) is 28.8 Å². The van der Waals surface area contributed by atoms with Crippen LogP contribution in [-0.2, 0) is 10.0 Å². The van der Waals surface area contributed by atoms with Crippen molar-refractivity contribution in [2.45, 2.75) is 57.4 Å². The van der Waals surface area contributed by atoms with Gasteiger partial charge in [0.15, 0.2) is 0 Å². The van der Waals surface area contributed by atoms with Gasteiger partial charge < -0.3 is 10.6 Å². The minimum atomic E-state index is -3.60. The van der Waals surface area contributed by atoms with E-state index in [-0.39, 0.29) is 16.8 Å². The summed E-state index contributed by atoms with van der Waals surface area (Å²) in [6, 6.07) is 3.36. The van der Waals surface area contributed by atoms with E-state index < -0.39 is 10.0 Å². The summed E-state index contributed by atoms with van der Waals surface area (Å²) in [4.78, 5) is 15.0. The second-order valence-corrected chi connectivity index (χ2v) is 10.1. The zero-order chi connectivity index (χ0) is 19.8. The quantitative estimate of drug-likeness (QED) is 0.854. The number of nitrogens with two attached hydrogens (primary N) is 1. The Morgan fingerprint density at radius 1 is 1.11 bits per heavy atom. The van der Waals surface area contributed by atoms with Crippen molar-refractivity contribution in [3.8, 4) is 0 Å². The van der Waals surface area contributed by atoms with Crippen molar-refractivity contribution >= 4 is 15.9 Å². The first-order valence-corrected chi connectivity index (χ1v) is 11.3. The fraction of sp³-hybridized carbons (Fsp3) is 0.650. The van der Waals surface area contributed by atoms with Crippen LogP contribution in [-0.4, -0.2) is 55.8 Å². The SMILES string of the molecule is Cc1cc(C(=O)N2CCCC(N)C2)cc(S(=O)(=O)N2CCC(C)CC2)c1C. The molecule has 2 aliphatic heterocycles. The Balaban J connectivity index is 1.93. The molecule has 7 heteroatoms. The number of benzene rings is 1. The highest BCUT2D eigenvalue weighted by Gasteiger charge is 2.31. The number of rotatable bonds is 3. The van der Waals surface area contributed by atoms with Crippen LogP contribution in [0.15, 0.2) is 17.0 Å². The van der Waals surface area contributed by atoms with Gasteiger partial charge in [-0.1, -0.05) is 6.92 Å². The summed E-state index contributed by atoms with van der Waals surface area (Å²) in [5, 5.41) is 0. The third-order valence-corrected chi connectivity index (χ3v) is 8.00. The van der Waals surface area contributed by atoms with Crippen LogP contribution < -0.4 is 5.73 Å². The average Bonchev–Trinajstić information content (AvgIpc) is 2.63. The molecule has 1 unspecified atom stereocenters. The second-order valence-electron chi connectivity index (χ2n) is 8.16. The number of nitrogens with zero attached hydrogens (tertiary/aromatic N) is 2. The predicted octanol–water partition coefficient (Wildman–Crippen LogP) is 2.29. The zero-order valence-corrected chi connectivity index (χ0v) is 17.4. The van der Waals surface area contributed by atoms with E-state index in [1.807, 2.05) is 13.8 Å². The summed E-state index contributed by atoms with van der Waals surface area (Å²) in [6.45, 7) is 8.12. The molecule has 1 atom stereocenters.